The van der Waals surface area contributed by atoms with Crippen LogP contribution in [0.25, 0.3) is 0 Å². The summed E-state index contributed by atoms with van der Waals surface area (Å²) < 4.78 is 5.22. The molecule has 2 rings (SSSR count). The van der Waals surface area contributed by atoms with Crippen LogP contribution >= 0.6 is 11.8 Å². The largest absolute Gasteiger partial charge is 0.481 e. The van der Waals surface area contributed by atoms with Crippen molar-refractivity contribution in [3.05, 3.63) is 0 Å². The summed E-state index contributed by atoms with van der Waals surface area (Å²) in [5, 5.41) is 8.89. The third-order valence-electron chi connectivity index (χ3n) is 3.17. The minimum absolute atomic E-state index is 0.0308. The second-order valence-electron chi connectivity index (χ2n) is 4.40. The van der Waals surface area contributed by atoms with Gasteiger partial charge in [-0.2, -0.15) is 11.8 Å². The van der Waals surface area contributed by atoms with Gasteiger partial charge < -0.3 is 19.6 Å². The van der Waals surface area contributed by atoms with Gasteiger partial charge in [0.1, 0.15) is 0 Å². The molecule has 1 atom stereocenters. The summed E-state index contributed by atoms with van der Waals surface area (Å²) in [6.45, 7) is 2.97. The van der Waals surface area contributed by atoms with E-state index in [1.165, 1.54) is 0 Å². The Morgan fingerprint density at radius 3 is 2.67 bits per heavy atom. The van der Waals surface area contributed by atoms with Crippen LogP contribution in [0.3, 0.4) is 0 Å². The van der Waals surface area contributed by atoms with E-state index >= 15 is 0 Å². The lowest BCUT2D eigenvalue weighted by atomic mass is 10.2. The van der Waals surface area contributed by atoms with Crippen LogP contribution in [0.5, 0.6) is 0 Å². The molecule has 1 N–H and O–H groups in total. The number of rotatable bonds is 2. The van der Waals surface area contributed by atoms with E-state index in [1.54, 1.807) is 21.6 Å². The summed E-state index contributed by atoms with van der Waals surface area (Å²) in [5.41, 5.74) is 0. The monoisotopic (exact) mass is 274 g/mol. The van der Waals surface area contributed by atoms with E-state index in [0.29, 0.717) is 38.6 Å². The molecule has 2 aliphatic rings. The van der Waals surface area contributed by atoms with Gasteiger partial charge in [-0.3, -0.25) is 4.79 Å². The van der Waals surface area contributed by atoms with Gasteiger partial charge in [-0.05, 0) is 0 Å². The van der Waals surface area contributed by atoms with Gasteiger partial charge in [-0.25, -0.2) is 4.79 Å². The molecule has 0 aromatic carbocycles. The third-order valence-corrected chi connectivity index (χ3v) is 4.26. The first-order valence-electron chi connectivity index (χ1n) is 6.11. The number of urea groups is 1. The first-order valence-corrected chi connectivity index (χ1v) is 7.27. The Kier molecular flexibility index (Phi) is 4.71. The molecule has 2 heterocycles. The Balaban J connectivity index is 1.98. The quantitative estimate of drug-likeness (QED) is 0.786. The maximum absolute atomic E-state index is 12.3. The number of carbonyl (C=O) groups is 2. The van der Waals surface area contributed by atoms with E-state index in [0.717, 1.165) is 5.75 Å². The average Bonchev–Trinajstić information content (AvgIpc) is 2.39. The molecule has 2 fully saturated rings. The van der Waals surface area contributed by atoms with Crippen LogP contribution in [0, 0.1) is 0 Å². The van der Waals surface area contributed by atoms with E-state index in [1.807, 2.05) is 0 Å². The molecule has 102 valence electrons. The zero-order valence-electron chi connectivity index (χ0n) is 10.2. The number of thioether (sulfide) groups is 1. The first-order chi connectivity index (χ1) is 8.68. The summed E-state index contributed by atoms with van der Waals surface area (Å²) in [5.74, 6) is 0.747. The van der Waals surface area contributed by atoms with Gasteiger partial charge in [-0.1, -0.05) is 0 Å². The molecule has 0 aliphatic carbocycles. The number of amides is 2. The normalized spacial score (nSPS) is 25.0. The molecule has 2 aliphatic heterocycles. The van der Waals surface area contributed by atoms with Crippen LogP contribution < -0.4 is 0 Å². The minimum atomic E-state index is -0.845. The molecule has 0 saturated carbocycles. The molecule has 0 spiro atoms. The molecular weight excluding hydrogens is 256 g/mol. The second kappa shape index (κ2) is 6.29. The molecule has 0 radical (unpaired) electrons. The van der Waals surface area contributed by atoms with Crippen LogP contribution in [-0.2, 0) is 9.53 Å². The van der Waals surface area contributed by atoms with Gasteiger partial charge in [-0.15, -0.1) is 0 Å². The van der Waals surface area contributed by atoms with Gasteiger partial charge in [0.15, 0.2) is 0 Å². The van der Waals surface area contributed by atoms with Crippen molar-refractivity contribution in [2.75, 3.05) is 44.4 Å². The third kappa shape index (κ3) is 3.29. The zero-order valence-corrected chi connectivity index (χ0v) is 11.0. The van der Waals surface area contributed by atoms with Crippen LogP contribution in [0.2, 0.25) is 0 Å². The fraction of sp³-hybridized carbons (Fsp3) is 0.818. The lowest BCUT2D eigenvalue weighted by molar-refractivity contribution is -0.138. The van der Waals surface area contributed by atoms with Crippen molar-refractivity contribution in [3.63, 3.8) is 0 Å². The predicted octanol–water partition coefficient (Wildman–Crippen LogP) is 0.331. The van der Waals surface area contributed by atoms with Crippen molar-refractivity contribution in [1.29, 1.82) is 0 Å². The molecular formula is C11H18N2O4S. The lowest BCUT2D eigenvalue weighted by Crippen LogP contribution is -2.54. The highest BCUT2D eigenvalue weighted by molar-refractivity contribution is 7.99. The average molecular weight is 274 g/mol. The maximum atomic E-state index is 12.3. The van der Waals surface area contributed by atoms with E-state index in [4.69, 9.17) is 9.84 Å². The minimum Gasteiger partial charge on any atom is -0.481 e. The topological polar surface area (TPSA) is 70.1 Å². The van der Waals surface area contributed by atoms with Crippen molar-refractivity contribution in [3.8, 4) is 0 Å². The van der Waals surface area contributed by atoms with Gasteiger partial charge in [0.25, 0.3) is 0 Å². The van der Waals surface area contributed by atoms with Gasteiger partial charge in [0, 0.05) is 31.1 Å². The fourth-order valence-electron chi connectivity index (χ4n) is 2.21. The standard InChI is InChI=1S/C11H18N2O4S/c14-10(15)7-9-8-18-6-3-13(9)11(16)12-1-4-17-5-2-12/h9H,1-8H2,(H,14,15). The molecule has 2 saturated heterocycles. The molecule has 0 bridgehead atoms. The lowest BCUT2D eigenvalue weighted by Gasteiger charge is -2.39. The van der Waals surface area contributed by atoms with Crippen molar-refractivity contribution < 1.29 is 19.4 Å². The predicted molar refractivity (Wildman–Crippen MR) is 67.9 cm³/mol. The summed E-state index contributed by atoms with van der Waals surface area (Å²) in [6, 6.07) is -0.221. The van der Waals surface area contributed by atoms with E-state index in [2.05, 4.69) is 0 Å². The van der Waals surface area contributed by atoms with Crippen LogP contribution in [0.1, 0.15) is 6.42 Å². The molecule has 6 nitrogen and oxygen atoms in total. The smallest absolute Gasteiger partial charge is 0.320 e. The SMILES string of the molecule is O=C(O)CC1CSCCN1C(=O)N1CCOCC1. The Morgan fingerprint density at radius 1 is 1.28 bits per heavy atom. The van der Waals surface area contributed by atoms with Crippen molar-refractivity contribution in [1.82, 2.24) is 9.80 Å². The molecule has 1 unspecified atom stereocenters. The Labute approximate surface area is 110 Å². The van der Waals surface area contributed by atoms with Crippen LogP contribution in [0.15, 0.2) is 0 Å². The maximum Gasteiger partial charge on any atom is 0.320 e. The van der Waals surface area contributed by atoms with Gasteiger partial charge in [0.2, 0.25) is 0 Å². The van der Waals surface area contributed by atoms with Crippen molar-refractivity contribution in [2.45, 2.75) is 12.5 Å². The number of nitrogens with zero attached hydrogens (tertiary/aromatic N) is 2. The molecule has 0 aromatic heterocycles. The van der Waals surface area contributed by atoms with E-state index in [9.17, 15) is 9.59 Å². The molecule has 0 aromatic rings. The second-order valence-corrected chi connectivity index (χ2v) is 5.55. The summed E-state index contributed by atoms with van der Waals surface area (Å²) >= 11 is 1.71. The van der Waals surface area contributed by atoms with Crippen molar-refractivity contribution in [2.24, 2.45) is 0 Å². The summed E-state index contributed by atoms with van der Waals surface area (Å²) in [7, 11) is 0. The molecule has 18 heavy (non-hydrogen) atoms. The number of ether oxygens (including phenoxy) is 1. The number of carboxylic acid groups (broad SMARTS) is 1. The first kappa shape index (κ1) is 13.5. The van der Waals surface area contributed by atoms with Crippen LogP contribution in [0.4, 0.5) is 4.79 Å². The van der Waals surface area contributed by atoms with Gasteiger partial charge in [0.05, 0.1) is 25.7 Å². The van der Waals surface area contributed by atoms with E-state index < -0.39 is 5.97 Å². The summed E-state index contributed by atoms with van der Waals surface area (Å²) in [4.78, 5) is 26.6. The highest BCUT2D eigenvalue weighted by atomic mass is 32.2. The van der Waals surface area contributed by atoms with Gasteiger partial charge >= 0.3 is 12.0 Å². The number of carboxylic acids is 1. The molecule has 2 amide bonds. The molecule has 7 heteroatoms. The Morgan fingerprint density at radius 2 is 2.00 bits per heavy atom. The Bertz CT molecular complexity index is 320. The number of carbonyl (C=O) groups excluding carboxylic acids is 1. The number of hydrogen-bond donors (Lipinski definition) is 1. The zero-order chi connectivity index (χ0) is 13.0. The Hall–Kier alpha value is -0.950. The highest BCUT2D eigenvalue weighted by Gasteiger charge is 2.32. The van der Waals surface area contributed by atoms with E-state index in [-0.39, 0.29) is 18.5 Å². The number of morpholine rings is 1. The number of hydrogen-bond acceptors (Lipinski definition) is 4. The van der Waals surface area contributed by atoms with Crippen LogP contribution in [-0.4, -0.2) is 77.3 Å². The fourth-order valence-corrected chi connectivity index (χ4v) is 3.28. The summed E-state index contributed by atoms with van der Waals surface area (Å²) in [6.07, 6.45) is 0.0308. The van der Waals surface area contributed by atoms with Crippen molar-refractivity contribution >= 4 is 23.8 Å². The highest BCUT2D eigenvalue weighted by Crippen LogP contribution is 2.20. The number of aliphatic carboxylic acids is 1.